The molecule has 0 spiro atoms. The number of hydrogen-bond acceptors (Lipinski definition) is 4. The zero-order valence-electron chi connectivity index (χ0n) is 11.5. The summed E-state index contributed by atoms with van der Waals surface area (Å²) in [7, 11) is -3.66. The van der Waals surface area contributed by atoms with Gasteiger partial charge in [-0.2, -0.15) is 0 Å². The number of nitrogens with two attached hydrogens (primary N) is 1. The molecule has 0 aliphatic heterocycles. The summed E-state index contributed by atoms with van der Waals surface area (Å²) < 4.78 is 22.3. The molecular formula is C14H16N2O3S2. The lowest BCUT2D eigenvalue weighted by atomic mass is 10.1. The largest absolute Gasteiger partial charge is 0.351 e. The fraction of sp³-hybridized carbons (Fsp3) is 0.214. The standard InChI is InChI=1S/C14H16N2O3S2/c1-10-7-9-20-13(10)14(17)16-8-6-11-2-4-12(5-3-11)21(15,18)19/h2-5,7,9H,6,8H2,1H3,(H,16,17)(H2,15,18,19). The van der Waals surface area contributed by atoms with E-state index >= 15 is 0 Å². The van der Waals surface area contributed by atoms with Crippen LogP contribution in [0.15, 0.2) is 40.6 Å². The molecule has 0 saturated carbocycles. The van der Waals surface area contributed by atoms with Crippen LogP contribution in [0.3, 0.4) is 0 Å². The maximum absolute atomic E-state index is 11.9. The van der Waals surface area contributed by atoms with Crippen LogP contribution in [0, 0.1) is 6.92 Å². The van der Waals surface area contributed by atoms with Crippen molar-refractivity contribution in [2.75, 3.05) is 6.54 Å². The van der Waals surface area contributed by atoms with Crippen LogP contribution < -0.4 is 10.5 Å². The number of primary sulfonamides is 1. The van der Waals surface area contributed by atoms with Crippen molar-refractivity contribution in [1.29, 1.82) is 0 Å². The van der Waals surface area contributed by atoms with E-state index in [9.17, 15) is 13.2 Å². The summed E-state index contributed by atoms with van der Waals surface area (Å²) in [4.78, 5) is 12.7. The molecule has 1 heterocycles. The first-order chi connectivity index (χ1) is 9.88. The Hall–Kier alpha value is -1.70. The van der Waals surface area contributed by atoms with E-state index in [-0.39, 0.29) is 10.8 Å². The van der Waals surface area contributed by atoms with E-state index in [0.717, 1.165) is 16.0 Å². The lowest BCUT2D eigenvalue weighted by Gasteiger charge is -2.05. The molecule has 2 aromatic rings. The third kappa shape index (κ3) is 4.13. The van der Waals surface area contributed by atoms with Gasteiger partial charge in [0.05, 0.1) is 9.77 Å². The lowest BCUT2D eigenvalue weighted by molar-refractivity contribution is 0.0957. The molecule has 0 aliphatic carbocycles. The fourth-order valence-corrected chi connectivity index (χ4v) is 3.21. The van der Waals surface area contributed by atoms with Gasteiger partial charge in [-0.3, -0.25) is 4.79 Å². The molecule has 0 aliphatic rings. The van der Waals surface area contributed by atoms with Crippen molar-refractivity contribution in [3.05, 3.63) is 51.7 Å². The van der Waals surface area contributed by atoms with E-state index in [2.05, 4.69) is 5.32 Å². The third-order valence-electron chi connectivity index (χ3n) is 3.02. The smallest absolute Gasteiger partial charge is 0.261 e. The van der Waals surface area contributed by atoms with Crippen molar-refractivity contribution < 1.29 is 13.2 Å². The fourth-order valence-electron chi connectivity index (χ4n) is 1.85. The highest BCUT2D eigenvalue weighted by Gasteiger charge is 2.10. The summed E-state index contributed by atoms with van der Waals surface area (Å²) in [6.45, 7) is 2.39. The Kier molecular flexibility index (Phi) is 4.76. The molecule has 21 heavy (non-hydrogen) atoms. The van der Waals surface area contributed by atoms with Gasteiger partial charge in [-0.1, -0.05) is 12.1 Å². The second-order valence-electron chi connectivity index (χ2n) is 4.63. The topological polar surface area (TPSA) is 89.3 Å². The van der Waals surface area contributed by atoms with E-state index in [1.807, 2.05) is 18.4 Å². The molecule has 0 fully saturated rings. The quantitative estimate of drug-likeness (QED) is 0.877. The van der Waals surface area contributed by atoms with E-state index in [1.165, 1.54) is 23.5 Å². The SMILES string of the molecule is Cc1ccsc1C(=O)NCCc1ccc(S(N)(=O)=O)cc1. The molecule has 0 radical (unpaired) electrons. The molecule has 0 atom stereocenters. The third-order valence-corrected chi connectivity index (χ3v) is 4.96. The first kappa shape index (κ1) is 15.7. The van der Waals surface area contributed by atoms with Crippen molar-refractivity contribution in [1.82, 2.24) is 5.32 Å². The number of benzene rings is 1. The Bertz CT molecular complexity index is 734. The van der Waals surface area contributed by atoms with Crippen LogP contribution in [-0.4, -0.2) is 20.9 Å². The van der Waals surface area contributed by atoms with Gasteiger partial charge in [0.25, 0.3) is 5.91 Å². The molecule has 112 valence electrons. The average molecular weight is 324 g/mol. The van der Waals surface area contributed by atoms with Gasteiger partial charge >= 0.3 is 0 Å². The summed E-state index contributed by atoms with van der Waals surface area (Å²) in [6.07, 6.45) is 0.626. The van der Waals surface area contributed by atoms with Gasteiger partial charge in [0, 0.05) is 6.54 Å². The van der Waals surface area contributed by atoms with Crippen molar-refractivity contribution in [3.8, 4) is 0 Å². The number of carbonyl (C=O) groups excluding carboxylic acids is 1. The zero-order chi connectivity index (χ0) is 15.5. The first-order valence-corrected chi connectivity index (χ1v) is 8.74. The molecule has 0 bridgehead atoms. The first-order valence-electron chi connectivity index (χ1n) is 6.32. The van der Waals surface area contributed by atoms with E-state index in [0.29, 0.717) is 13.0 Å². The Morgan fingerprint density at radius 3 is 2.43 bits per heavy atom. The van der Waals surface area contributed by atoms with Crippen LogP contribution in [0.2, 0.25) is 0 Å². The number of carbonyl (C=O) groups is 1. The Morgan fingerprint density at radius 2 is 1.90 bits per heavy atom. The van der Waals surface area contributed by atoms with Crippen molar-refractivity contribution in [2.45, 2.75) is 18.2 Å². The summed E-state index contributed by atoms with van der Waals surface area (Å²) in [5, 5.41) is 9.76. The van der Waals surface area contributed by atoms with E-state index in [4.69, 9.17) is 5.14 Å². The number of sulfonamides is 1. The number of rotatable bonds is 5. The summed E-state index contributed by atoms with van der Waals surface area (Å²) in [5.74, 6) is -0.0799. The minimum absolute atomic E-state index is 0.0799. The number of hydrogen-bond donors (Lipinski definition) is 2. The Balaban J connectivity index is 1.89. The molecule has 7 heteroatoms. The van der Waals surface area contributed by atoms with Crippen LogP contribution in [0.4, 0.5) is 0 Å². The number of thiophene rings is 1. The maximum Gasteiger partial charge on any atom is 0.261 e. The van der Waals surface area contributed by atoms with Gasteiger partial charge in [0.1, 0.15) is 0 Å². The summed E-state index contributed by atoms with van der Waals surface area (Å²) in [5.41, 5.74) is 1.90. The molecule has 2 rings (SSSR count). The van der Waals surface area contributed by atoms with Crippen LogP contribution in [0.25, 0.3) is 0 Å². The molecule has 1 amide bonds. The highest BCUT2D eigenvalue weighted by atomic mass is 32.2. The van der Waals surface area contributed by atoms with Gasteiger partial charge in [0.2, 0.25) is 10.0 Å². The van der Waals surface area contributed by atoms with Gasteiger partial charge in [-0.15, -0.1) is 11.3 Å². The second kappa shape index (κ2) is 6.38. The molecule has 3 N–H and O–H groups in total. The highest BCUT2D eigenvalue weighted by Crippen LogP contribution is 2.15. The summed E-state index contributed by atoms with van der Waals surface area (Å²) in [6, 6.07) is 8.24. The Labute approximate surface area is 127 Å². The molecule has 5 nitrogen and oxygen atoms in total. The molecule has 0 saturated heterocycles. The number of aryl methyl sites for hydroxylation is 1. The number of amides is 1. The van der Waals surface area contributed by atoms with Crippen LogP contribution in [0.1, 0.15) is 20.8 Å². The predicted octanol–water partition coefficient (Wildman–Crippen LogP) is 1.68. The normalized spacial score (nSPS) is 11.3. The minimum atomic E-state index is -3.66. The van der Waals surface area contributed by atoms with Gasteiger partial charge < -0.3 is 5.32 Å². The Morgan fingerprint density at radius 1 is 1.24 bits per heavy atom. The van der Waals surface area contributed by atoms with Crippen molar-refractivity contribution in [3.63, 3.8) is 0 Å². The van der Waals surface area contributed by atoms with Crippen molar-refractivity contribution >= 4 is 27.3 Å². The molecule has 1 aromatic heterocycles. The lowest BCUT2D eigenvalue weighted by Crippen LogP contribution is -2.25. The number of nitrogens with one attached hydrogen (secondary N) is 1. The zero-order valence-corrected chi connectivity index (χ0v) is 13.1. The van der Waals surface area contributed by atoms with Crippen LogP contribution in [0.5, 0.6) is 0 Å². The summed E-state index contributed by atoms with van der Waals surface area (Å²) >= 11 is 1.42. The average Bonchev–Trinajstić information content (AvgIpc) is 2.84. The molecule has 0 unspecified atom stereocenters. The minimum Gasteiger partial charge on any atom is -0.351 e. The monoisotopic (exact) mass is 324 g/mol. The van der Waals surface area contributed by atoms with Crippen LogP contribution in [-0.2, 0) is 16.4 Å². The second-order valence-corrected chi connectivity index (χ2v) is 7.11. The highest BCUT2D eigenvalue weighted by molar-refractivity contribution is 7.89. The van der Waals surface area contributed by atoms with E-state index < -0.39 is 10.0 Å². The van der Waals surface area contributed by atoms with Crippen LogP contribution >= 0.6 is 11.3 Å². The van der Waals surface area contributed by atoms with E-state index in [1.54, 1.807) is 12.1 Å². The van der Waals surface area contributed by atoms with Gasteiger partial charge in [-0.05, 0) is 48.1 Å². The molecular weight excluding hydrogens is 308 g/mol. The van der Waals surface area contributed by atoms with Crippen molar-refractivity contribution in [2.24, 2.45) is 5.14 Å². The van der Waals surface area contributed by atoms with Gasteiger partial charge in [-0.25, -0.2) is 13.6 Å². The van der Waals surface area contributed by atoms with Gasteiger partial charge in [0.15, 0.2) is 0 Å². The molecule has 1 aromatic carbocycles. The maximum atomic E-state index is 11.9. The predicted molar refractivity (Wildman–Crippen MR) is 82.9 cm³/mol.